The number of aromatic nitrogens is 1. The standard InChI is InChI=1S/C14H20N2O2S/c1-9-4-6-16(7-5-9)14-15-13(10-2-3-10)11(19-14)8-12(17)18/h9-10H,2-8H2,1H3,(H,17,18). The van der Waals surface area contributed by atoms with E-state index in [9.17, 15) is 4.79 Å². The van der Waals surface area contributed by atoms with Gasteiger partial charge in [-0.25, -0.2) is 4.98 Å². The van der Waals surface area contributed by atoms with Crippen molar-refractivity contribution < 1.29 is 9.90 Å². The highest BCUT2D eigenvalue weighted by atomic mass is 32.1. The minimum absolute atomic E-state index is 0.133. The van der Waals surface area contributed by atoms with Crippen LogP contribution >= 0.6 is 11.3 Å². The van der Waals surface area contributed by atoms with Crippen LogP contribution < -0.4 is 4.90 Å². The Morgan fingerprint density at radius 1 is 1.37 bits per heavy atom. The van der Waals surface area contributed by atoms with Gasteiger partial charge in [0, 0.05) is 23.9 Å². The molecule has 0 amide bonds. The Balaban J connectivity index is 1.79. The molecule has 1 saturated heterocycles. The fraction of sp³-hybridized carbons (Fsp3) is 0.714. The third-order valence-electron chi connectivity index (χ3n) is 4.05. The van der Waals surface area contributed by atoms with Gasteiger partial charge in [-0.15, -0.1) is 11.3 Å². The number of nitrogens with zero attached hydrogens (tertiary/aromatic N) is 2. The van der Waals surface area contributed by atoms with Gasteiger partial charge in [0.2, 0.25) is 0 Å². The van der Waals surface area contributed by atoms with E-state index in [2.05, 4.69) is 11.8 Å². The van der Waals surface area contributed by atoms with Crippen molar-refractivity contribution in [1.29, 1.82) is 0 Å². The van der Waals surface area contributed by atoms with E-state index in [-0.39, 0.29) is 6.42 Å². The minimum atomic E-state index is -0.746. The number of carbonyl (C=O) groups is 1. The second-order valence-electron chi connectivity index (χ2n) is 5.82. The molecule has 2 fully saturated rings. The summed E-state index contributed by atoms with van der Waals surface area (Å²) in [5.74, 6) is 0.588. The van der Waals surface area contributed by atoms with Gasteiger partial charge in [-0.3, -0.25) is 4.79 Å². The third-order valence-corrected chi connectivity index (χ3v) is 5.18. The van der Waals surface area contributed by atoms with E-state index in [1.54, 1.807) is 11.3 Å². The number of hydrogen-bond donors (Lipinski definition) is 1. The van der Waals surface area contributed by atoms with Gasteiger partial charge in [-0.05, 0) is 31.6 Å². The number of hydrogen-bond acceptors (Lipinski definition) is 4. The lowest BCUT2D eigenvalue weighted by Crippen LogP contribution is -2.32. The zero-order chi connectivity index (χ0) is 13.4. The zero-order valence-corrected chi connectivity index (χ0v) is 12.1. The van der Waals surface area contributed by atoms with Gasteiger partial charge in [-0.2, -0.15) is 0 Å². The lowest BCUT2D eigenvalue weighted by Gasteiger charge is -2.29. The Hall–Kier alpha value is -1.10. The van der Waals surface area contributed by atoms with E-state index >= 15 is 0 Å². The van der Waals surface area contributed by atoms with Crippen LogP contribution in [0.1, 0.15) is 49.1 Å². The molecule has 1 aliphatic carbocycles. The van der Waals surface area contributed by atoms with Crippen LogP contribution in [0.25, 0.3) is 0 Å². The third kappa shape index (κ3) is 2.91. The molecule has 1 N–H and O–H groups in total. The van der Waals surface area contributed by atoms with Gasteiger partial charge in [0.15, 0.2) is 5.13 Å². The predicted molar refractivity (Wildman–Crippen MR) is 76.0 cm³/mol. The molecule has 0 bridgehead atoms. The smallest absolute Gasteiger partial charge is 0.308 e. The van der Waals surface area contributed by atoms with Crippen LogP contribution in [0, 0.1) is 5.92 Å². The number of anilines is 1. The van der Waals surface area contributed by atoms with Crippen LogP contribution in [-0.2, 0) is 11.2 Å². The number of piperidine rings is 1. The number of thiazole rings is 1. The van der Waals surface area contributed by atoms with E-state index in [1.807, 2.05) is 0 Å². The largest absolute Gasteiger partial charge is 0.481 e. The van der Waals surface area contributed by atoms with Crippen molar-refractivity contribution >= 4 is 22.4 Å². The van der Waals surface area contributed by atoms with Gasteiger partial charge in [0.1, 0.15) is 0 Å². The van der Waals surface area contributed by atoms with Crippen molar-refractivity contribution in [2.45, 2.75) is 44.9 Å². The molecule has 1 aromatic heterocycles. The Morgan fingerprint density at radius 3 is 2.63 bits per heavy atom. The Morgan fingerprint density at radius 2 is 2.05 bits per heavy atom. The minimum Gasteiger partial charge on any atom is -0.481 e. The topological polar surface area (TPSA) is 53.4 Å². The van der Waals surface area contributed by atoms with E-state index in [1.165, 1.54) is 25.7 Å². The maximum Gasteiger partial charge on any atom is 0.308 e. The lowest BCUT2D eigenvalue weighted by molar-refractivity contribution is -0.136. The fourth-order valence-corrected chi connectivity index (χ4v) is 3.81. The first-order chi connectivity index (χ1) is 9.13. The first-order valence-electron chi connectivity index (χ1n) is 7.10. The van der Waals surface area contributed by atoms with Crippen molar-refractivity contribution in [2.24, 2.45) is 5.92 Å². The average molecular weight is 280 g/mol. The maximum atomic E-state index is 11.0. The molecule has 1 aromatic rings. The van der Waals surface area contributed by atoms with Crippen LogP contribution in [0.15, 0.2) is 0 Å². The van der Waals surface area contributed by atoms with Crippen LogP contribution in [0.4, 0.5) is 5.13 Å². The SMILES string of the molecule is CC1CCN(c2nc(C3CC3)c(CC(=O)O)s2)CC1. The summed E-state index contributed by atoms with van der Waals surface area (Å²) in [5.41, 5.74) is 1.07. The van der Waals surface area contributed by atoms with Crippen LogP contribution in [0.5, 0.6) is 0 Å². The highest BCUT2D eigenvalue weighted by Crippen LogP contribution is 2.44. The quantitative estimate of drug-likeness (QED) is 0.921. The normalized spacial score (nSPS) is 20.8. The molecule has 0 radical (unpaired) electrons. The Kier molecular flexibility index (Phi) is 3.48. The zero-order valence-electron chi connectivity index (χ0n) is 11.3. The molecule has 1 aliphatic heterocycles. The monoisotopic (exact) mass is 280 g/mol. The van der Waals surface area contributed by atoms with Crippen LogP contribution in [-0.4, -0.2) is 29.1 Å². The van der Waals surface area contributed by atoms with E-state index < -0.39 is 5.97 Å². The summed E-state index contributed by atoms with van der Waals surface area (Å²) in [4.78, 5) is 19.0. The first kappa shape index (κ1) is 12.9. The van der Waals surface area contributed by atoms with E-state index in [4.69, 9.17) is 10.1 Å². The van der Waals surface area contributed by atoms with Crippen molar-refractivity contribution in [1.82, 2.24) is 4.98 Å². The van der Waals surface area contributed by atoms with Crippen molar-refractivity contribution in [3.8, 4) is 0 Å². The Labute approximate surface area is 117 Å². The number of rotatable bonds is 4. The molecule has 0 aromatic carbocycles. The van der Waals surface area contributed by atoms with Crippen LogP contribution in [0.2, 0.25) is 0 Å². The van der Waals surface area contributed by atoms with E-state index in [0.29, 0.717) is 5.92 Å². The molecule has 0 spiro atoms. The molecular formula is C14H20N2O2S. The molecule has 0 unspecified atom stereocenters. The molecule has 1 saturated carbocycles. The molecular weight excluding hydrogens is 260 g/mol. The van der Waals surface area contributed by atoms with E-state index in [0.717, 1.165) is 34.7 Å². The predicted octanol–water partition coefficient (Wildman–Crippen LogP) is 2.88. The fourth-order valence-electron chi connectivity index (χ4n) is 2.63. The molecule has 5 heteroatoms. The molecule has 19 heavy (non-hydrogen) atoms. The molecule has 2 heterocycles. The second kappa shape index (κ2) is 5.12. The van der Waals surface area contributed by atoms with Crippen LogP contribution in [0.3, 0.4) is 0 Å². The van der Waals surface area contributed by atoms with Gasteiger partial charge in [-0.1, -0.05) is 6.92 Å². The lowest BCUT2D eigenvalue weighted by atomic mass is 10.00. The number of carboxylic acid groups (broad SMARTS) is 1. The summed E-state index contributed by atoms with van der Waals surface area (Å²) in [6.07, 6.45) is 4.91. The maximum absolute atomic E-state index is 11.0. The van der Waals surface area contributed by atoms with Gasteiger partial charge < -0.3 is 10.0 Å². The summed E-state index contributed by atoms with van der Waals surface area (Å²) in [5, 5.41) is 10.1. The molecule has 3 rings (SSSR count). The first-order valence-corrected chi connectivity index (χ1v) is 7.91. The Bertz CT molecular complexity index is 474. The second-order valence-corrected chi connectivity index (χ2v) is 6.88. The van der Waals surface area contributed by atoms with Crippen molar-refractivity contribution in [3.05, 3.63) is 10.6 Å². The highest BCUT2D eigenvalue weighted by Gasteiger charge is 2.31. The average Bonchev–Trinajstić information content (AvgIpc) is 3.12. The molecule has 104 valence electrons. The summed E-state index contributed by atoms with van der Waals surface area (Å²) < 4.78 is 0. The summed E-state index contributed by atoms with van der Waals surface area (Å²) >= 11 is 1.60. The highest BCUT2D eigenvalue weighted by molar-refractivity contribution is 7.15. The van der Waals surface area contributed by atoms with Crippen molar-refractivity contribution in [3.63, 3.8) is 0 Å². The summed E-state index contributed by atoms with van der Waals surface area (Å²) in [6, 6.07) is 0. The molecule has 0 atom stereocenters. The van der Waals surface area contributed by atoms with Crippen molar-refractivity contribution in [2.75, 3.05) is 18.0 Å². The number of aliphatic carboxylic acids is 1. The summed E-state index contributed by atoms with van der Waals surface area (Å²) in [6.45, 7) is 4.42. The van der Waals surface area contributed by atoms with Gasteiger partial charge in [0.05, 0.1) is 12.1 Å². The molecule has 4 nitrogen and oxygen atoms in total. The number of carboxylic acids is 1. The van der Waals surface area contributed by atoms with Gasteiger partial charge >= 0.3 is 5.97 Å². The summed E-state index contributed by atoms with van der Waals surface area (Å²) in [7, 11) is 0. The van der Waals surface area contributed by atoms with Gasteiger partial charge in [0.25, 0.3) is 0 Å². The molecule has 2 aliphatic rings.